The van der Waals surface area contributed by atoms with E-state index in [0.29, 0.717) is 18.5 Å². The van der Waals surface area contributed by atoms with Gasteiger partial charge in [-0.3, -0.25) is 4.79 Å². The summed E-state index contributed by atoms with van der Waals surface area (Å²) in [5.41, 5.74) is 3.97. The Bertz CT molecular complexity index is 540. The van der Waals surface area contributed by atoms with Crippen LogP contribution in [0.5, 0.6) is 0 Å². The highest BCUT2D eigenvalue weighted by Crippen LogP contribution is 2.37. The van der Waals surface area contributed by atoms with Crippen molar-refractivity contribution in [1.82, 2.24) is 0 Å². The molecule has 0 unspecified atom stereocenters. The van der Waals surface area contributed by atoms with Crippen LogP contribution in [0.2, 0.25) is 0 Å². The minimum Gasteiger partial charge on any atom is -0.318 e. The van der Waals surface area contributed by atoms with Crippen molar-refractivity contribution >= 4 is 11.6 Å². The molecule has 1 aromatic rings. The molecule has 0 saturated carbocycles. The van der Waals surface area contributed by atoms with E-state index in [0.717, 1.165) is 22.3 Å². The number of hydrogen-bond acceptors (Lipinski definition) is 1. The van der Waals surface area contributed by atoms with E-state index in [1.807, 2.05) is 41.5 Å². The summed E-state index contributed by atoms with van der Waals surface area (Å²) in [5, 5.41) is 2.15. The molecule has 0 fully saturated rings. The lowest BCUT2D eigenvalue weighted by atomic mass is 9.84. The maximum absolute atomic E-state index is 12.7. The Kier molecular flexibility index (Phi) is 6.25. The van der Waals surface area contributed by atoms with Crippen LogP contribution in [0.25, 0.3) is 0 Å². The number of nitrogens with one attached hydrogen (secondary N) is 1. The number of rotatable bonds is 5. The van der Waals surface area contributed by atoms with Gasteiger partial charge in [0.15, 0.2) is 0 Å². The second kappa shape index (κ2) is 7.37. The van der Waals surface area contributed by atoms with Crippen LogP contribution in [0, 0.1) is 0 Å². The van der Waals surface area contributed by atoms with Crippen LogP contribution >= 0.6 is 0 Å². The van der Waals surface area contributed by atoms with Crippen LogP contribution in [0.1, 0.15) is 75.6 Å². The van der Waals surface area contributed by atoms with Crippen LogP contribution in [0.3, 0.4) is 0 Å². The van der Waals surface area contributed by atoms with E-state index in [2.05, 4.69) is 11.4 Å². The van der Waals surface area contributed by atoms with Crippen molar-refractivity contribution in [3.8, 4) is 0 Å². The highest BCUT2D eigenvalue weighted by molar-refractivity contribution is 5.96. The highest BCUT2D eigenvalue weighted by Gasteiger charge is 2.39. The number of anilines is 1. The molecule has 0 radical (unpaired) electrons. The largest absolute Gasteiger partial charge is 0.471 e. The van der Waals surface area contributed by atoms with Crippen molar-refractivity contribution in [3.63, 3.8) is 0 Å². The lowest BCUT2D eigenvalue weighted by Crippen LogP contribution is -2.31. The summed E-state index contributed by atoms with van der Waals surface area (Å²) in [6, 6.07) is 2.09. The van der Waals surface area contributed by atoms with Gasteiger partial charge >= 0.3 is 12.1 Å². The average molecular weight is 329 g/mol. The molecule has 1 aromatic carbocycles. The average Bonchev–Trinajstić information content (AvgIpc) is 2.44. The zero-order chi connectivity index (χ0) is 17.9. The van der Waals surface area contributed by atoms with Gasteiger partial charge in [0.25, 0.3) is 0 Å². The monoisotopic (exact) mass is 329 g/mol. The van der Waals surface area contributed by atoms with Crippen molar-refractivity contribution in [2.45, 2.75) is 72.4 Å². The third-order valence-corrected chi connectivity index (χ3v) is 4.06. The van der Waals surface area contributed by atoms with E-state index in [1.165, 1.54) is 0 Å². The van der Waals surface area contributed by atoms with E-state index in [9.17, 15) is 18.0 Å². The minimum atomic E-state index is -4.89. The highest BCUT2D eigenvalue weighted by atomic mass is 19.4. The van der Waals surface area contributed by atoms with E-state index >= 15 is 0 Å². The predicted molar refractivity (Wildman–Crippen MR) is 88.1 cm³/mol. The van der Waals surface area contributed by atoms with E-state index in [1.54, 1.807) is 0 Å². The molecule has 130 valence electrons. The van der Waals surface area contributed by atoms with Crippen molar-refractivity contribution in [3.05, 3.63) is 28.3 Å². The molecule has 1 amide bonds. The van der Waals surface area contributed by atoms with Crippen LogP contribution in [0.4, 0.5) is 18.9 Å². The zero-order valence-corrected chi connectivity index (χ0v) is 14.7. The quantitative estimate of drug-likeness (QED) is 0.753. The first kappa shape index (κ1) is 19.5. The lowest BCUT2D eigenvalue weighted by Gasteiger charge is -2.25. The van der Waals surface area contributed by atoms with Gasteiger partial charge in [0.1, 0.15) is 0 Å². The summed E-state index contributed by atoms with van der Waals surface area (Å²) in [7, 11) is 0. The molecule has 0 aliphatic heterocycles. The standard InChI is InChI=1S/C18H26F3NO/c1-7-12-14(10(3)4)9-15(11(5)6)13(8-2)16(12)22-17(23)18(19,20)21/h9-11H,7-8H2,1-6H3,(H,22,23). The Morgan fingerprint density at radius 2 is 1.39 bits per heavy atom. The molecule has 2 nitrogen and oxygen atoms in total. The van der Waals surface area contributed by atoms with Gasteiger partial charge < -0.3 is 5.32 Å². The fourth-order valence-electron chi connectivity index (χ4n) is 2.94. The third-order valence-electron chi connectivity index (χ3n) is 4.06. The van der Waals surface area contributed by atoms with Crippen molar-refractivity contribution in [2.24, 2.45) is 0 Å². The first-order valence-electron chi connectivity index (χ1n) is 8.11. The molecular weight excluding hydrogens is 303 g/mol. The van der Waals surface area contributed by atoms with E-state index < -0.39 is 12.1 Å². The Morgan fingerprint density at radius 3 is 1.65 bits per heavy atom. The first-order valence-corrected chi connectivity index (χ1v) is 8.11. The van der Waals surface area contributed by atoms with Crippen molar-refractivity contribution in [1.29, 1.82) is 0 Å². The zero-order valence-electron chi connectivity index (χ0n) is 14.7. The smallest absolute Gasteiger partial charge is 0.318 e. The Balaban J connectivity index is 3.64. The van der Waals surface area contributed by atoms with Gasteiger partial charge in [-0.15, -0.1) is 0 Å². The molecule has 0 aliphatic carbocycles. The fraction of sp³-hybridized carbons (Fsp3) is 0.611. The number of carbonyl (C=O) groups excluding carboxylic acids is 1. The molecule has 1 rings (SSSR count). The molecule has 0 saturated heterocycles. The Morgan fingerprint density at radius 1 is 1.00 bits per heavy atom. The van der Waals surface area contributed by atoms with E-state index in [-0.39, 0.29) is 11.8 Å². The molecule has 0 aliphatic rings. The maximum Gasteiger partial charge on any atom is 0.471 e. The number of alkyl halides is 3. The molecule has 0 aromatic heterocycles. The molecular formula is C18H26F3NO. The summed E-state index contributed by atoms with van der Waals surface area (Å²) in [5.74, 6) is -1.55. The molecule has 0 bridgehead atoms. The molecule has 0 heterocycles. The van der Waals surface area contributed by atoms with Crippen LogP contribution in [0.15, 0.2) is 6.07 Å². The summed E-state index contributed by atoms with van der Waals surface area (Å²) >= 11 is 0. The minimum absolute atomic E-state index is 0.176. The number of halogens is 3. The van der Waals surface area contributed by atoms with Gasteiger partial charge in [-0.1, -0.05) is 47.6 Å². The van der Waals surface area contributed by atoms with Gasteiger partial charge in [-0.2, -0.15) is 13.2 Å². The van der Waals surface area contributed by atoms with Gasteiger partial charge in [0.05, 0.1) is 0 Å². The topological polar surface area (TPSA) is 29.1 Å². The predicted octanol–water partition coefficient (Wildman–Crippen LogP) is 5.56. The molecule has 0 spiro atoms. The molecule has 0 atom stereocenters. The molecule has 5 heteroatoms. The van der Waals surface area contributed by atoms with Gasteiger partial charge in [-0.25, -0.2) is 0 Å². The summed E-state index contributed by atoms with van der Waals surface area (Å²) in [6.07, 6.45) is -3.74. The summed E-state index contributed by atoms with van der Waals surface area (Å²) in [6.45, 7) is 11.9. The van der Waals surface area contributed by atoms with Crippen LogP contribution in [-0.2, 0) is 17.6 Å². The number of benzene rings is 1. The van der Waals surface area contributed by atoms with Gasteiger partial charge in [0.2, 0.25) is 0 Å². The second-order valence-corrected chi connectivity index (χ2v) is 6.36. The fourth-order valence-corrected chi connectivity index (χ4v) is 2.94. The SMILES string of the molecule is CCc1c(C(C)C)cc(C(C)C)c(CC)c1NC(=O)C(F)(F)F. The van der Waals surface area contributed by atoms with Gasteiger partial charge in [0, 0.05) is 5.69 Å². The molecule has 1 N–H and O–H groups in total. The second-order valence-electron chi connectivity index (χ2n) is 6.36. The lowest BCUT2D eigenvalue weighted by molar-refractivity contribution is -0.167. The first-order chi connectivity index (χ1) is 10.5. The summed E-state index contributed by atoms with van der Waals surface area (Å²) in [4.78, 5) is 11.5. The van der Waals surface area contributed by atoms with Crippen LogP contribution < -0.4 is 5.32 Å². The Labute approximate surface area is 136 Å². The maximum atomic E-state index is 12.7. The third kappa shape index (κ3) is 4.27. The van der Waals surface area contributed by atoms with Crippen molar-refractivity contribution in [2.75, 3.05) is 5.32 Å². The van der Waals surface area contributed by atoms with Crippen molar-refractivity contribution < 1.29 is 18.0 Å². The number of amides is 1. The normalized spacial score (nSPS) is 12.1. The number of hydrogen-bond donors (Lipinski definition) is 1. The summed E-state index contributed by atoms with van der Waals surface area (Å²) < 4.78 is 38.1. The Hall–Kier alpha value is -1.52. The number of carbonyl (C=O) groups is 1. The van der Waals surface area contributed by atoms with Crippen LogP contribution in [-0.4, -0.2) is 12.1 Å². The van der Waals surface area contributed by atoms with E-state index in [4.69, 9.17) is 0 Å². The molecule has 23 heavy (non-hydrogen) atoms. The van der Waals surface area contributed by atoms with Gasteiger partial charge in [-0.05, 0) is 46.9 Å².